The van der Waals surface area contributed by atoms with Gasteiger partial charge in [0.05, 0.1) is 17.5 Å². The van der Waals surface area contributed by atoms with Gasteiger partial charge in [-0.3, -0.25) is 4.98 Å². The van der Waals surface area contributed by atoms with Gasteiger partial charge in [-0.15, -0.1) is 6.58 Å². The topological polar surface area (TPSA) is 48.4 Å². The number of aromatic nitrogens is 1. The van der Waals surface area contributed by atoms with Crippen molar-refractivity contribution >= 4 is 17.1 Å². The highest BCUT2D eigenvalue weighted by molar-refractivity contribution is 5.89. The number of nitrogens with zero attached hydrogens (tertiary/aromatic N) is 1. The number of hydrogen-bond donors (Lipinski definition) is 0. The van der Waals surface area contributed by atoms with Gasteiger partial charge in [0.15, 0.2) is 17.4 Å². The Hall–Kier alpha value is -2.50. The number of pyridine rings is 1. The minimum atomic E-state index is -1.11. The largest absolute Gasteiger partial charge is 0.513 e. The number of rotatable bonds is 4. The summed E-state index contributed by atoms with van der Waals surface area (Å²) >= 11 is 0. The number of carbonyl (C=O) groups is 1. The summed E-state index contributed by atoms with van der Waals surface area (Å²) in [6.45, 7) is 6.89. The van der Waals surface area contributed by atoms with Gasteiger partial charge in [-0.2, -0.15) is 0 Å². The normalized spacial score (nSPS) is 10.5. The lowest BCUT2D eigenvalue weighted by Gasteiger charge is -2.13. The van der Waals surface area contributed by atoms with Crippen LogP contribution in [-0.4, -0.2) is 17.7 Å². The molecule has 1 aromatic heterocycles. The molecule has 0 aliphatic carbocycles. The van der Waals surface area contributed by atoms with Gasteiger partial charge in [-0.05, 0) is 32.4 Å². The molecule has 116 valence electrons. The Morgan fingerprint density at radius 2 is 2.09 bits per heavy atom. The molecule has 0 fully saturated rings. The highest BCUT2D eigenvalue weighted by Crippen LogP contribution is 2.33. The van der Waals surface area contributed by atoms with Crippen molar-refractivity contribution in [1.82, 2.24) is 4.98 Å². The molecule has 0 unspecified atom stereocenters. The van der Waals surface area contributed by atoms with Crippen molar-refractivity contribution in [2.24, 2.45) is 0 Å². The summed E-state index contributed by atoms with van der Waals surface area (Å²) in [6, 6.07) is 2.31. The van der Waals surface area contributed by atoms with E-state index >= 15 is 0 Å². The van der Waals surface area contributed by atoms with Crippen LogP contribution in [0.1, 0.15) is 17.7 Å². The van der Waals surface area contributed by atoms with Crippen LogP contribution in [0.2, 0.25) is 0 Å². The predicted molar refractivity (Wildman–Crippen MR) is 77.9 cm³/mol. The van der Waals surface area contributed by atoms with Gasteiger partial charge in [0, 0.05) is 11.3 Å². The van der Waals surface area contributed by atoms with Gasteiger partial charge in [0.25, 0.3) is 0 Å². The maximum Gasteiger partial charge on any atom is 0.513 e. The first-order valence-corrected chi connectivity index (χ1v) is 6.66. The first-order chi connectivity index (χ1) is 10.5. The Bertz CT molecular complexity index is 744. The van der Waals surface area contributed by atoms with Crippen LogP contribution < -0.4 is 4.74 Å². The summed E-state index contributed by atoms with van der Waals surface area (Å²) in [5, 5.41) is -0.177. The number of hydrogen-bond acceptors (Lipinski definition) is 4. The molecule has 0 spiro atoms. The number of carbonyl (C=O) groups excluding carboxylic acids is 1. The number of ether oxygens (including phenoxy) is 2. The van der Waals surface area contributed by atoms with Crippen molar-refractivity contribution < 1.29 is 23.0 Å². The zero-order chi connectivity index (χ0) is 16.3. The summed E-state index contributed by atoms with van der Waals surface area (Å²) in [4.78, 5) is 15.8. The number of aryl methyl sites for hydroxylation is 1. The average molecular weight is 307 g/mol. The van der Waals surface area contributed by atoms with Gasteiger partial charge < -0.3 is 9.47 Å². The van der Waals surface area contributed by atoms with E-state index in [1.807, 2.05) is 0 Å². The summed E-state index contributed by atoms with van der Waals surface area (Å²) in [6.07, 6.45) is 1.06. The molecular formula is C16H15F2NO3. The van der Waals surface area contributed by atoms with Crippen LogP contribution in [0.3, 0.4) is 0 Å². The molecule has 4 nitrogen and oxygen atoms in total. The standard InChI is InChI=1S/C16H15F2NO3/c1-4-5-8-21-16(20)22-15-9(2)10(3)19-12-7-6-11(17)14(18)13(12)15/h4,6-7H,1,5,8H2,2-3H3. The smallest absolute Gasteiger partial charge is 0.434 e. The molecule has 0 saturated carbocycles. The minimum Gasteiger partial charge on any atom is -0.434 e. The Morgan fingerprint density at radius 3 is 2.77 bits per heavy atom. The van der Waals surface area contributed by atoms with Crippen LogP contribution >= 0.6 is 0 Å². The van der Waals surface area contributed by atoms with E-state index in [4.69, 9.17) is 9.47 Å². The van der Waals surface area contributed by atoms with E-state index in [0.717, 1.165) is 6.07 Å². The molecule has 1 heterocycles. The number of benzene rings is 1. The summed E-state index contributed by atoms with van der Waals surface area (Å²) in [5.74, 6) is -2.23. The zero-order valence-electron chi connectivity index (χ0n) is 12.3. The van der Waals surface area contributed by atoms with Crippen molar-refractivity contribution in [2.45, 2.75) is 20.3 Å². The second-order valence-corrected chi connectivity index (χ2v) is 4.68. The van der Waals surface area contributed by atoms with Crippen molar-refractivity contribution in [3.8, 4) is 5.75 Å². The van der Waals surface area contributed by atoms with Crippen LogP contribution in [0.25, 0.3) is 10.9 Å². The molecule has 2 aromatic rings. The van der Waals surface area contributed by atoms with Gasteiger partial charge >= 0.3 is 6.16 Å². The van der Waals surface area contributed by atoms with Crippen molar-refractivity contribution in [1.29, 1.82) is 0 Å². The maximum absolute atomic E-state index is 14.1. The lowest BCUT2D eigenvalue weighted by molar-refractivity contribution is 0.101. The molecule has 0 atom stereocenters. The van der Waals surface area contributed by atoms with Crippen LogP contribution in [0.15, 0.2) is 24.8 Å². The fourth-order valence-electron chi connectivity index (χ4n) is 1.93. The summed E-state index contributed by atoms with van der Waals surface area (Å²) in [5.41, 5.74) is 1.20. The Morgan fingerprint density at radius 1 is 1.36 bits per heavy atom. The van der Waals surface area contributed by atoms with Gasteiger partial charge in [0.1, 0.15) is 0 Å². The minimum absolute atomic E-state index is 0.0805. The van der Waals surface area contributed by atoms with Gasteiger partial charge in [-0.1, -0.05) is 6.08 Å². The fourth-order valence-corrected chi connectivity index (χ4v) is 1.93. The molecular weight excluding hydrogens is 292 g/mol. The van der Waals surface area contributed by atoms with E-state index in [1.54, 1.807) is 19.9 Å². The maximum atomic E-state index is 14.1. The van der Waals surface area contributed by atoms with E-state index in [2.05, 4.69) is 11.6 Å². The first-order valence-electron chi connectivity index (χ1n) is 6.66. The third kappa shape index (κ3) is 3.05. The van der Waals surface area contributed by atoms with E-state index in [9.17, 15) is 13.6 Å². The molecule has 2 rings (SSSR count). The molecule has 0 N–H and O–H groups in total. The molecule has 0 aliphatic heterocycles. The molecule has 22 heavy (non-hydrogen) atoms. The Kier molecular flexibility index (Phi) is 4.70. The first kappa shape index (κ1) is 15.9. The highest BCUT2D eigenvalue weighted by atomic mass is 19.2. The Balaban J connectivity index is 2.47. The highest BCUT2D eigenvalue weighted by Gasteiger charge is 2.20. The predicted octanol–water partition coefficient (Wildman–Crippen LogP) is 4.22. The zero-order valence-corrected chi connectivity index (χ0v) is 12.3. The SMILES string of the molecule is C=CCCOC(=O)Oc1c(C)c(C)nc2ccc(F)c(F)c12. The number of halogens is 2. The second kappa shape index (κ2) is 6.51. The van der Waals surface area contributed by atoms with Crippen LogP contribution in [0.5, 0.6) is 5.75 Å². The molecule has 0 bridgehead atoms. The van der Waals surface area contributed by atoms with E-state index < -0.39 is 17.8 Å². The fraction of sp³-hybridized carbons (Fsp3) is 0.250. The molecule has 1 aromatic carbocycles. The van der Waals surface area contributed by atoms with Gasteiger partial charge in [-0.25, -0.2) is 13.6 Å². The lowest BCUT2D eigenvalue weighted by atomic mass is 10.1. The van der Waals surface area contributed by atoms with Crippen LogP contribution in [0.4, 0.5) is 13.6 Å². The van der Waals surface area contributed by atoms with Crippen LogP contribution in [0, 0.1) is 25.5 Å². The molecule has 0 aliphatic rings. The third-order valence-corrected chi connectivity index (χ3v) is 3.20. The second-order valence-electron chi connectivity index (χ2n) is 4.68. The van der Waals surface area contributed by atoms with Crippen molar-refractivity contribution in [3.63, 3.8) is 0 Å². The molecule has 6 heteroatoms. The monoisotopic (exact) mass is 307 g/mol. The van der Waals surface area contributed by atoms with E-state index in [1.165, 1.54) is 6.07 Å². The average Bonchev–Trinajstić information content (AvgIpc) is 2.48. The van der Waals surface area contributed by atoms with E-state index in [-0.39, 0.29) is 23.3 Å². The number of fused-ring (bicyclic) bond motifs is 1. The molecule has 0 saturated heterocycles. The van der Waals surface area contributed by atoms with Gasteiger partial charge in [0.2, 0.25) is 0 Å². The summed E-state index contributed by atoms with van der Waals surface area (Å²) in [7, 11) is 0. The van der Waals surface area contributed by atoms with E-state index in [0.29, 0.717) is 17.7 Å². The Labute approximate surface area is 126 Å². The molecule has 0 radical (unpaired) electrons. The van der Waals surface area contributed by atoms with Crippen molar-refractivity contribution in [3.05, 3.63) is 47.7 Å². The van der Waals surface area contributed by atoms with Crippen molar-refractivity contribution in [2.75, 3.05) is 6.61 Å². The quantitative estimate of drug-likeness (QED) is 0.482. The van der Waals surface area contributed by atoms with Crippen LogP contribution in [-0.2, 0) is 4.74 Å². The third-order valence-electron chi connectivity index (χ3n) is 3.20. The summed E-state index contributed by atoms with van der Waals surface area (Å²) < 4.78 is 37.4. The lowest BCUT2D eigenvalue weighted by Crippen LogP contribution is -2.13. The molecule has 0 amide bonds.